The van der Waals surface area contributed by atoms with Crippen LogP contribution in [0.25, 0.3) is 0 Å². The van der Waals surface area contributed by atoms with Crippen molar-refractivity contribution < 1.29 is 0 Å². The van der Waals surface area contributed by atoms with Crippen LogP contribution in [0.4, 0.5) is 0 Å². The molecule has 1 aromatic rings. The van der Waals surface area contributed by atoms with Gasteiger partial charge in [-0.15, -0.1) is 0 Å². The van der Waals surface area contributed by atoms with E-state index in [0.717, 1.165) is 23.7 Å². The van der Waals surface area contributed by atoms with E-state index >= 15 is 0 Å². The lowest BCUT2D eigenvalue weighted by atomic mass is 9.41. The molecule has 1 aromatic carbocycles. The standard InChI is InChI=1S/C12H10/c1-2-4-8-7(3-1)11-9-5-6-10(9)12(8)11/h1-6,9-12H. The van der Waals surface area contributed by atoms with E-state index in [1.165, 1.54) is 0 Å². The number of fused-ring (bicyclic) bond motifs is 7. The number of rotatable bonds is 0. The van der Waals surface area contributed by atoms with Crippen molar-refractivity contribution in [3.8, 4) is 0 Å². The third-order valence-electron chi connectivity index (χ3n) is 3.93. The fraction of sp³-hybridized carbons (Fsp3) is 0.333. The van der Waals surface area contributed by atoms with Crippen molar-refractivity contribution in [2.45, 2.75) is 11.8 Å². The topological polar surface area (TPSA) is 0 Å². The fourth-order valence-electron chi connectivity index (χ4n) is 3.24. The van der Waals surface area contributed by atoms with Gasteiger partial charge in [0.05, 0.1) is 0 Å². The second kappa shape index (κ2) is 1.52. The molecule has 1 fully saturated rings. The van der Waals surface area contributed by atoms with Crippen LogP contribution in [0.2, 0.25) is 0 Å². The van der Waals surface area contributed by atoms with Gasteiger partial charge in [0, 0.05) is 0 Å². The molecule has 3 aliphatic rings. The van der Waals surface area contributed by atoms with E-state index in [0.29, 0.717) is 0 Å². The van der Waals surface area contributed by atoms with Crippen LogP contribution in [0.5, 0.6) is 0 Å². The minimum absolute atomic E-state index is 0.913. The maximum absolute atomic E-state index is 2.39. The minimum Gasteiger partial charge on any atom is -0.0839 e. The van der Waals surface area contributed by atoms with Crippen molar-refractivity contribution in [2.75, 3.05) is 0 Å². The van der Waals surface area contributed by atoms with Gasteiger partial charge in [-0.05, 0) is 34.8 Å². The SMILES string of the molecule is C1=CC2C1C1c3ccccc3C21. The van der Waals surface area contributed by atoms with Gasteiger partial charge in [-0.1, -0.05) is 36.4 Å². The highest BCUT2D eigenvalue weighted by Gasteiger charge is 2.59. The average molecular weight is 154 g/mol. The summed E-state index contributed by atoms with van der Waals surface area (Å²) in [6.07, 6.45) is 4.78. The quantitative estimate of drug-likeness (QED) is 0.504. The third kappa shape index (κ3) is 0.374. The van der Waals surface area contributed by atoms with E-state index in [-0.39, 0.29) is 0 Å². The second-order valence-corrected chi connectivity index (χ2v) is 4.22. The maximum Gasteiger partial charge on any atom is -0.00155 e. The van der Waals surface area contributed by atoms with Crippen LogP contribution < -0.4 is 0 Å². The molecule has 0 heterocycles. The van der Waals surface area contributed by atoms with Crippen molar-refractivity contribution in [3.05, 3.63) is 47.5 Å². The molecule has 1 saturated carbocycles. The largest absolute Gasteiger partial charge is 0.0839 e. The van der Waals surface area contributed by atoms with Crippen LogP contribution in [-0.4, -0.2) is 0 Å². The highest BCUT2D eigenvalue weighted by atomic mass is 14.6. The van der Waals surface area contributed by atoms with Crippen molar-refractivity contribution in [2.24, 2.45) is 11.8 Å². The fourth-order valence-corrected chi connectivity index (χ4v) is 3.24. The van der Waals surface area contributed by atoms with Crippen LogP contribution in [0.3, 0.4) is 0 Å². The molecule has 4 atom stereocenters. The van der Waals surface area contributed by atoms with E-state index < -0.39 is 0 Å². The van der Waals surface area contributed by atoms with E-state index in [4.69, 9.17) is 0 Å². The number of hydrogen-bond acceptors (Lipinski definition) is 0. The molecule has 4 unspecified atom stereocenters. The zero-order valence-electron chi connectivity index (χ0n) is 6.77. The first kappa shape index (κ1) is 5.58. The summed E-state index contributed by atoms with van der Waals surface area (Å²) in [6.45, 7) is 0. The number of benzene rings is 1. The Bertz CT molecular complexity index is 352. The van der Waals surface area contributed by atoms with Gasteiger partial charge in [-0.25, -0.2) is 0 Å². The van der Waals surface area contributed by atoms with Gasteiger partial charge >= 0.3 is 0 Å². The molecule has 0 saturated heterocycles. The Morgan fingerprint density at radius 2 is 1.25 bits per heavy atom. The van der Waals surface area contributed by atoms with Crippen molar-refractivity contribution in [1.82, 2.24) is 0 Å². The first-order chi connectivity index (χ1) is 5.97. The molecule has 0 aliphatic heterocycles. The van der Waals surface area contributed by atoms with Gasteiger partial charge in [-0.3, -0.25) is 0 Å². The zero-order valence-corrected chi connectivity index (χ0v) is 6.77. The van der Waals surface area contributed by atoms with E-state index in [2.05, 4.69) is 36.4 Å². The van der Waals surface area contributed by atoms with Gasteiger partial charge < -0.3 is 0 Å². The Kier molecular flexibility index (Phi) is 0.705. The average Bonchev–Trinajstić information content (AvgIpc) is 2.08. The predicted molar refractivity (Wildman–Crippen MR) is 48.0 cm³/mol. The molecule has 4 rings (SSSR count). The number of hydrogen-bond donors (Lipinski definition) is 0. The monoisotopic (exact) mass is 154 g/mol. The highest BCUT2D eigenvalue weighted by Crippen LogP contribution is 2.70. The Morgan fingerprint density at radius 3 is 1.67 bits per heavy atom. The molecular formula is C12H10. The Labute approximate surface area is 71.9 Å². The Hall–Kier alpha value is -1.04. The molecule has 12 heavy (non-hydrogen) atoms. The van der Waals surface area contributed by atoms with E-state index in [1.54, 1.807) is 11.1 Å². The summed E-state index contributed by atoms with van der Waals surface area (Å²) in [5.74, 6) is 3.67. The molecular weight excluding hydrogens is 144 g/mol. The first-order valence-corrected chi connectivity index (χ1v) is 4.74. The van der Waals surface area contributed by atoms with Gasteiger partial charge in [0.25, 0.3) is 0 Å². The molecule has 58 valence electrons. The maximum atomic E-state index is 2.39. The lowest BCUT2D eigenvalue weighted by Gasteiger charge is -2.62. The van der Waals surface area contributed by atoms with Crippen LogP contribution in [-0.2, 0) is 0 Å². The summed E-state index contributed by atoms with van der Waals surface area (Å²) < 4.78 is 0. The van der Waals surface area contributed by atoms with Crippen LogP contribution in [0.1, 0.15) is 23.0 Å². The van der Waals surface area contributed by atoms with Crippen LogP contribution in [0, 0.1) is 11.8 Å². The van der Waals surface area contributed by atoms with E-state index in [9.17, 15) is 0 Å². The summed E-state index contributed by atoms with van der Waals surface area (Å²) in [6, 6.07) is 8.95. The van der Waals surface area contributed by atoms with Crippen molar-refractivity contribution >= 4 is 0 Å². The van der Waals surface area contributed by atoms with Gasteiger partial charge in [-0.2, -0.15) is 0 Å². The molecule has 0 aromatic heterocycles. The summed E-state index contributed by atoms with van der Waals surface area (Å²) in [4.78, 5) is 0. The number of allylic oxidation sites excluding steroid dienone is 2. The molecule has 0 heteroatoms. The van der Waals surface area contributed by atoms with Gasteiger partial charge in [0.2, 0.25) is 0 Å². The molecule has 0 radical (unpaired) electrons. The zero-order chi connectivity index (χ0) is 7.71. The highest BCUT2D eigenvalue weighted by molar-refractivity contribution is 5.55. The van der Waals surface area contributed by atoms with Crippen LogP contribution >= 0.6 is 0 Å². The van der Waals surface area contributed by atoms with Gasteiger partial charge in [0.1, 0.15) is 0 Å². The summed E-state index contributed by atoms with van der Waals surface area (Å²) in [5.41, 5.74) is 3.27. The predicted octanol–water partition coefficient (Wildman–Crippen LogP) is 2.68. The smallest absolute Gasteiger partial charge is 0.00155 e. The summed E-state index contributed by atoms with van der Waals surface area (Å²) in [7, 11) is 0. The Balaban J connectivity index is 1.92. The van der Waals surface area contributed by atoms with Gasteiger partial charge in [0.15, 0.2) is 0 Å². The minimum atomic E-state index is 0.913. The third-order valence-corrected chi connectivity index (χ3v) is 3.93. The first-order valence-electron chi connectivity index (χ1n) is 4.74. The summed E-state index contributed by atoms with van der Waals surface area (Å²) in [5, 5.41) is 0. The Morgan fingerprint density at radius 1 is 0.750 bits per heavy atom. The van der Waals surface area contributed by atoms with Crippen molar-refractivity contribution in [1.29, 1.82) is 0 Å². The molecule has 0 amide bonds. The molecule has 0 spiro atoms. The summed E-state index contributed by atoms with van der Waals surface area (Å²) >= 11 is 0. The normalized spacial score (nSPS) is 44.3. The van der Waals surface area contributed by atoms with E-state index in [1.807, 2.05) is 0 Å². The van der Waals surface area contributed by atoms with Crippen molar-refractivity contribution in [3.63, 3.8) is 0 Å². The lowest BCUT2D eigenvalue weighted by molar-refractivity contribution is 0.111. The second-order valence-electron chi connectivity index (χ2n) is 4.22. The molecule has 0 nitrogen and oxygen atoms in total. The lowest BCUT2D eigenvalue weighted by Crippen LogP contribution is -2.52. The van der Waals surface area contributed by atoms with Crippen LogP contribution in [0.15, 0.2) is 36.4 Å². The molecule has 3 aliphatic carbocycles. The molecule has 0 N–H and O–H groups in total. The molecule has 0 bridgehead atoms.